The van der Waals surface area contributed by atoms with Crippen LogP contribution in [0.25, 0.3) is 0 Å². The van der Waals surface area contributed by atoms with Crippen molar-refractivity contribution in [3.05, 3.63) is 0 Å². The van der Waals surface area contributed by atoms with E-state index in [4.69, 9.17) is 18.5 Å². The van der Waals surface area contributed by atoms with E-state index in [1.54, 1.807) is 0 Å². The Bertz CT molecular complexity index is 986. The first-order valence-corrected chi connectivity index (χ1v) is 14.9. The minimum Gasteiger partial charge on any atom is -0.422 e. The Hall–Kier alpha value is -1.18. The molecule has 17 heteroatoms. The van der Waals surface area contributed by atoms with Gasteiger partial charge in [-0.3, -0.25) is 14.2 Å². The first-order valence-electron chi connectivity index (χ1n) is 12.8. The number of carbonyl (C=O) groups excluding carboxylic acids is 2. The lowest BCUT2D eigenvalue weighted by atomic mass is 9.81. The summed E-state index contributed by atoms with van der Waals surface area (Å²) in [6, 6.07) is 0. The Balaban J connectivity index is 1.99. The zero-order chi connectivity index (χ0) is 30.4. The van der Waals surface area contributed by atoms with Crippen LogP contribution in [0.2, 0.25) is 0 Å². The van der Waals surface area contributed by atoms with Crippen LogP contribution in [0.15, 0.2) is 0 Å². The van der Waals surface area contributed by atoms with E-state index in [-0.39, 0.29) is 26.1 Å². The van der Waals surface area contributed by atoms with Gasteiger partial charge >= 0.3 is 42.7 Å². The number of carbonyl (C=O) groups is 2. The summed E-state index contributed by atoms with van der Waals surface area (Å²) in [6.07, 6.45) is -2.40. The highest BCUT2D eigenvalue weighted by Gasteiger charge is 2.80. The zero-order valence-corrected chi connectivity index (χ0v) is 23.3. The molecule has 3 fully saturated rings. The second kappa shape index (κ2) is 11.1. The lowest BCUT2D eigenvalue weighted by Crippen LogP contribution is -2.61. The summed E-state index contributed by atoms with van der Waals surface area (Å²) < 4.78 is 146. The van der Waals surface area contributed by atoms with Crippen molar-refractivity contribution in [3.8, 4) is 0 Å². The molecule has 1 aliphatic heterocycles. The molecule has 0 aromatic rings. The van der Waals surface area contributed by atoms with Crippen LogP contribution in [0, 0.1) is 17.3 Å². The SMILES string of the molecule is CCOP(=O)(CC1CC2(CC1CC(F)(F)C(F)(F)C(F)(F)C(F)(F)Cl)C(=O)OC1(CCCCC1)OC2=O)OCC. The van der Waals surface area contributed by atoms with Gasteiger partial charge in [0.1, 0.15) is 0 Å². The van der Waals surface area contributed by atoms with Crippen molar-refractivity contribution in [2.24, 2.45) is 17.3 Å². The highest BCUT2D eigenvalue weighted by atomic mass is 35.5. The summed E-state index contributed by atoms with van der Waals surface area (Å²) in [6.45, 7) is 2.44. The summed E-state index contributed by atoms with van der Waals surface area (Å²) in [5.74, 6) is -26.5. The Morgan fingerprint density at radius 1 is 0.850 bits per heavy atom. The number of ether oxygens (including phenoxy) is 2. The van der Waals surface area contributed by atoms with Crippen LogP contribution in [0.4, 0.5) is 35.1 Å². The summed E-state index contributed by atoms with van der Waals surface area (Å²) in [7, 11) is -4.14. The molecule has 2 atom stereocenters. The van der Waals surface area contributed by atoms with Crippen LogP contribution in [0.5, 0.6) is 0 Å². The van der Waals surface area contributed by atoms with E-state index < -0.39 is 91.1 Å². The van der Waals surface area contributed by atoms with Crippen LogP contribution in [0.1, 0.15) is 65.2 Å². The van der Waals surface area contributed by atoms with Crippen LogP contribution < -0.4 is 0 Å². The fourth-order valence-electron chi connectivity index (χ4n) is 5.72. The van der Waals surface area contributed by atoms with E-state index in [0.29, 0.717) is 12.8 Å². The third-order valence-corrected chi connectivity index (χ3v) is 10.1. The van der Waals surface area contributed by atoms with Gasteiger partial charge in [0.25, 0.3) is 5.79 Å². The summed E-state index contributed by atoms with van der Waals surface area (Å²) in [5, 5.41) is -6.04. The molecule has 0 amide bonds. The Kier molecular flexibility index (Phi) is 9.29. The summed E-state index contributed by atoms with van der Waals surface area (Å²) in [4.78, 5) is 26.5. The van der Waals surface area contributed by atoms with Gasteiger partial charge < -0.3 is 18.5 Å². The quantitative estimate of drug-likeness (QED) is 0.0782. The largest absolute Gasteiger partial charge is 0.422 e. The van der Waals surface area contributed by atoms with Crippen molar-refractivity contribution in [3.63, 3.8) is 0 Å². The number of alkyl halides is 9. The minimum absolute atomic E-state index is 0.170. The topological polar surface area (TPSA) is 88.1 Å². The summed E-state index contributed by atoms with van der Waals surface area (Å²) >= 11 is 4.05. The molecule has 0 radical (unpaired) electrons. The number of rotatable bonds is 11. The standard InChI is InChI=1S/C23H30ClF8O7P/c1-3-36-40(35,37-4-2)13-15-11-18(16(33)38-19(39-17(18)34)8-6-5-7-9-19)10-14(15)12-20(25,26)21(27,28)22(29,30)23(24,31)32/h14-15H,3-13H2,1-2H3. The van der Waals surface area contributed by atoms with E-state index in [2.05, 4.69) is 11.6 Å². The van der Waals surface area contributed by atoms with Crippen molar-refractivity contribution in [1.82, 2.24) is 0 Å². The lowest BCUT2D eigenvalue weighted by molar-refractivity contribution is -0.351. The van der Waals surface area contributed by atoms with Crippen LogP contribution in [-0.2, 0) is 32.7 Å². The third kappa shape index (κ3) is 5.86. The van der Waals surface area contributed by atoms with Crippen molar-refractivity contribution in [1.29, 1.82) is 0 Å². The van der Waals surface area contributed by atoms with E-state index in [1.807, 2.05) is 0 Å². The number of hydrogen-bond donors (Lipinski definition) is 0. The van der Waals surface area contributed by atoms with E-state index in [0.717, 1.165) is 6.42 Å². The predicted molar refractivity (Wildman–Crippen MR) is 123 cm³/mol. The fraction of sp³-hybridized carbons (Fsp3) is 0.913. The molecule has 0 N–H and O–H groups in total. The summed E-state index contributed by atoms with van der Waals surface area (Å²) in [5.41, 5.74) is -2.31. The molecular weight excluding hydrogens is 607 g/mol. The maximum atomic E-state index is 14.8. The van der Waals surface area contributed by atoms with E-state index in [9.17, 15) is 49.3 Å². The maximum absolute atomic E-state index is 14.8. The molecule has 2 unspecified atom stereocenters. The Morgan fingerprint density at radius 3 is 1.77 bits per heavy atom. The van der Waals surface area contributed by atoms with Crippen molar-refractivity contribution in [2.75, 3.05) is 19.4 Å². The van der Waals surface area contributed by atoms with Gasteiger partial charge in [0, 0.05) is 19.3 Å². The lowest BCUT2D eigenvalue weighted by Gasteiger charge is -2.44. The monoisotopic (exact) mass is 636 g/mol. The van der Waals surface area contributed by atoms with Crippen LogP contribution >= 0.6 is 19.2 Å². The molecule has 232 valence electrons. The third-order valence-electron chi connectivity index (χ3n) is 7.68. The number of hydrogen-bond acceptors (Lipinski definition) is 7. The highest BCUT2D eigenvalue weighted by Crippen LogP contribution is 2.62. The van der Waals surface area contributed by atoms with Gasteiger partial charge in [0.15, 0.2) is 5.41 Å². The fourth-order valence-corrected chi connectivity index (χ4v) is 7.91. The van der Waals surface area contributed by atoms with Gasteiger partial charge in [-0.05, 0) is 63.0 Å². The molecule has 0 bridgehead atoms. The van der Waals surface area contributed by atoms with Gasteiger partial charge in [-0.2, -0.15) is 35.1 Å². The van der Waals surface area contributed by atoms with E-state index >= 15 is 0 Å². The van der Waals surface area contributed by atoms with Crippen molar-refractivity contribution >= 4 is 31.1 Å². The second-order valence-corrected chi connectivity index (χ2v) is 13.0. The van der Waals surface area contributed by atoms with Gasteiger partial charge in [0.2, 0.25) is 0 Å². The average Bonchev–Trinajstić information content (AvgIpc) is 3.15. The molecule has 0 aromatic heterocycles. The van der Waals surface area contributed by atoms with Crippen molar-refractivity contribution < 1.29 is 67.8 Å². The average molecular weight is 637 g/mol. The number of halogens is 9. The molecule has 2 spiro atoms. The molecular formula is C23H30ClF8O7P. The smallest absolute Gasteiger partial charge is 0.392 e. The Labute approximate surface area is 230 Å². The maximum Gasteiger partial charge on any atom is 0.392 e. The molecule has 2 saturated carbocycles. The molecule has 3 rings (SSSR count). The zero-order valence-electron chi connectivity index (χ0n) is 21.6. The molecule has 40 heavy (non-hydrogen) atoms. The number of esters is 2. The van der Waals surface area contributed by atoms with Crippen molar-refractivity contribution in [2.45, 2.75) is 94.2 Å². The first kappa shape index (κ1) is 33.3. The van der Waals surface area contributed by atoms with Gasteiger partial charge in [-0.1, -0.05) is 6.42 Å². The van der Waals surface area contributed by atoms with Gasteiger partial charge in [0.05, 0.1) is 19.4 Å². The molecule has 7 nitrogen and oxygen atoms in total. The molecule has 2 aliphatic carbocycles. The second-order valence-electron chi connectivity index (χ2n) is 10.4. The highest BCUT2D eigenvalue weighted by molar-refractivity contribution is 7.53. The molecule has 0 aromatic carbocycles. The Morgan fingerprint density at radius 2 is 1.32 bits per heavy atom. The molecule has 1 saturated heterocycles. The van der Waals surface area contributed by atoms with Crippen LogP contribution in [-0.4, -0.2) is 60.3 Å². The van der Waals surface area contributed by atoms with E-state index in [1.165, 1.54) is 13.8 Å². The minimum atomic E-state index is -6.68. The van der Waals surface area contributed by atoms with Gasteiger partial charge in [-0.25, -0.2) is 0 Å². The predicted octanol–water partition coefficient (Wildman–Crippen LogP) is 7.15. The normalized spacial score (nSPS) is 25.8. The van der Waals surface area contributed by atoms with Crippen LogP contribution in [0.3, 0.4) is 0 Å². The first-order chi connectivity index (χ1) is 18.2. The van der Waals surface area contributed by atoms with Gasteiger partial charge in [-0.15, -0.1) is 0 Å². The molecule has 3 aliphatic rings. The molecule has 1 heterocycles.